The number of aromatic nitrogens is 2. The maximum absolute atomic E-state index is 13.2. The fourth-order valence-electron chi connectivity index (χ4n) is 3.28. The summed E-state index contributed by atoms with van der Waals surface area (Å²) in [6.07, 6.45) is 5.43. The van der Waals surface area contributed by atoms with Gasteiger partial charge in [0.2, 0.25) is 0 Å². The molecule has 7 heteroatoms. The van der Waals surface area contributed by atoms with E-state index in [1.54, 1.807) is 12.4 Å². The molecule has 5 nitrogen and oxygen atoms in total. The highest BCUT2D eigenvalue weighted by Gasteiger charge is 2.24. The lowest BCUT2D eigenvalue weighted by Crippen LogP contribution is -2.48. The maximum atomic E-state index is 13.2. The zero-order valence-electron chi connectivity index (χ0n) is 15.9. The highest BCUT2D eigenvalue weighted by molar-refractivity contribution is 9.10. The number of pyridine rings is 2. The molecule has 1 saturated heterocycles. The summed E-state index contributed by atoms with van der Waals surface area (Å²) in [6, 6.07) is 15.8. The number of benzene rings is 1. The predicted octanol–water partition coefficient (Wildman–Crippen LogP) is 4.35. The van der Waals surface area contributed by atoms with Crippen molar-refractivity contribution in [3.63, 3.8) is 0 Å². The Balaban J connectivity index is 1.40. The molecule has 0 bridgehead atoms. The van der Waals surface area contributed by atoms with Gasteiger partial charge in [0.1, 0.15) is 5.03 Å². The van der Waals surface area contributed by atoms with Gasteiger partial charge in [-0.1, -0.05) is 33.8 Å². The van der Waals surface area contributed by atoms with Gasteiger partial charge < -0.3 is 4.90 Å². The van der Waals surface area contributed by atoms with Gasteiger partial charge in [0.05, 0.1) is 5.56 Å². The Hall–Kier alpha value is -2.22. The van der Waals surface area contributed by atoms with Crippen molar-refractivity contribution >= 4 is 33.6 Å². The van der Waals surface area contributed by atoms with Crippen molar-refractivity contribution in [2.24, 2.45) is 0 Å². The molecule has 4 rings (SSSR count). The van der Waals surface area contributed by atoms with Crippen molar-refractivity contribution in [1.29, 1.82) is 0 Å². The van der Waals surface area contributed by atoms with Gasteiger partial charge in [-0.05, 0) is 48.0 Å². The molecule has 1 aliphatic heterocycles. The molecule has 1 aliphatic rings. The molecule has 1 aromatic carbocycles. The standard InChI is InChI=1S/C22H21BrN4OS/c23-18-5-7-19(8-6-18)29-21-20(4-2-10-25-21)22(28)27-13-11-26(12-14-27)16-17-3-1-9-24-15-17/h1-10,15H,11-14,16H2. The molecule has 0 saturated carbocycles. The number of carbonyl (C=O) groups is 1. The summed E-state index contributed by atoms with van der Waals surface area (Å²) in [7, 11) is 0. The molecule has 0 aliphatic carbocycles. The van der Waals surface area contributed by atoms with E-state index in [0.29, 0.717) is 5.56 Å². The van der Waals surface area contributed by atoms with Gasteiger partial charge >= 0.3 is 0 Å². The fraction of sp³-hybridized carbons (Fsp3) is 0.227. The third-order valence-electron chi connectivity index (χ3n) is 4.82. The van der Waals surface area contributed by atoms with Crippen LogP contribution in [0.5, 0.6) is 0 Å². The molecule has 0 atom stereocenters. The molecule has 1 amide bonds. The van der Waals surface area contributed by atoms with Gasteiger partial charge in [0.25, 0.3) is 5.91 Å². The van der Waals surface area contributed by atoms with E-state index in [4.69, 9.17) is 0 Å². The average molecular weight is 469 g/mol. The van der Waals surface area contributed by atoms with Crippen LogP contribution in [-0.4, -0.2) is 51.9 Å². The fourth-order valence-corrected chi connectivity index (χ4v) is 4.42. The monoisotopic (exact) mass is 468 g/mol. The lowest BCUT2D eigenvalue weighted by Gasteiger charge is -2.34. The maximum Gasteiger partial charge on any atom is 0.256 e. The number of amides is 1. The summed E-state index contributed by atoms with van der Waals surface area (Å²) in [6.45, 7) is 4.02. The molecule has 29 heavy (non-hydrogen) atoms. The summed E-state index contributed by atoms with van der Waals surface area (Å²) in [5.74, 6) is 0.0544. The summed E-state index contributed by atoms with van der Waals surface area (Å²) in [5.41, 5.74) is 1.87. The van der Waals surface area contributed by atoms with E-state index >= 15 is 0 Å². The minimum Gasteiger partial charge on any atom is -0.336 e. The van der Waals surface area contributed by atoms with Crippen molar-refractivity contribution in [2.45, 2.75) is 16.5 Å². The first-order valence-electron chi connectivity index (χ1n) is 9.48. The molecule has 2 aromatic heterocycles. The molecule has 3 aromatic rings. The first-order valence-corrected chi connectivity index (χ1v) is 11.1. The number of rotatable bonds is 5. The van der Waals surface area contributed by atoms with Crippen LogP contribution < -0.4 is 0 Å². The molecule has 0 radical (unpaired) electrons. The first kappa shape index (κ1) is 20.1. The molecule has 0 unspecified atom stereocenters. The smallest absolute Gasteiger partial charge is 0.256 e. The molecule has 148 valence electrons. The quantitative estimate of drug-likeness (QED) is 0.556. The van der Waals surface area contributed by atoms with Crippen LogP contribution in [0.15, 0.2) is 81.5 Å². The lowest BCUT2D eigenvalue weighted by atomic mass is 10.2. The number of nitrogens with zero attached hydrogens (tertiary/aromatic N) is 4. The van der Waals surface area contributed by atoms with Gasteiger partial charge in [-0.25, -0.2) is 4.98 Å². The topological polar surface area (TPSA) is 49.3 Å². The minimum atomic E-state index is 0.0544. The van der Waals surface area contributed by atoms with E-state index in [-0.39, 0.29) is 5.91 Å². The van der Waals surface area contributed by atoms with Crippen molar-refractivity contribution in [3.05, 3.63) is 82.7 Å². The number of piperazine rings is 1. The van der Waals surface area contributed by atoms with Crippen LogP contribution in [0.25, 0.3) is 0 Å². The van der Waals surface area contributed by atoms with Gasteiger partial charge in [-0.3, -0.25) is 14.7 Å². The van der Waals surface area contributed by atoms with Crippen molar-refractivity contribution < 1.29 is 4.79 Å². The summed E-state index contributed by atoms with van der Waals surface area (Å²) >= 11 is 4.97. The number of hydrogen-bond acceptors (Lipinski definition) is 5. The van der Waals surface area contributed by atoms with E-state index in [1.165, 1.54) is 17.3 Å². The van der Waals surface area contributed by atoms with E-state index in [2.05, 4.69) is 36.9 Å². The van der Waals surface area contributed by atoms with Crippen LogP contribution >= 0.6 is 27.7 Å². The SMILES string of the molecule is O=C(c1cccnc1Sc1ccc(Br)cc1)N1CCN(Cc2cccnc2)CC1. The molecular formula is C22H21BrN4OS. The van der Waals surface area contributed by atoms with Crippen LogP contribution in [-0.2, 0) is 6.54 Å². The number of halogens is 1. The second-order valence-corrected chi connectivity index (χ2v) is 8.82. The second kappa shape index (κ2) is 9.52. The molecule has 3 heterocycles. The third kappa shape index (κ3) is 5.23. The van der Waals surface area contributed by atoms with Crippen molar-refractivity contribution in [2.75, 3.05) is 26.2 Å². The van der Waals surface area contributed by atoms with Crippen LogP contribution in [0.1, 0.15) is 15.9 Å². The summed E-state index contributed by atoms with van der Waals surface area (Å²) < 4.78 is 1.03. The lowest BCUT2D eigenvalue weighted by molar-refractivity contribution is 0.0624. The Morgan fingerprint density at radius 1 is 1.00 bits per heavy atom. The van der Waals surface area contributed by atoms with Gasteiger partial charge in [0.15, 0.2) is 0 Å². The summed E-state index contributed by atoms with van der Waals surface area (Å²) in [4.78, 5) is 27.2. The zero-order chi connectivity index (χ0) is 20.1. The Bertz CT molecular complexity index is 960. The Morgan fingerprint density at radius 2 is 1.76 bits per heavy atom. The van der Waals surface area contributed by atoms with E-state index < -0.39 is 0 Å². The van der Waals surface area contributed by atoms with Crippen LogP contribution in [0.4, 0.5) is 0 Å². The Labute approximate surface area is 183 Å². The minimum absolute atomic E-state index is 0.0544. The van der Waals surface area contributed by atoms with E-state index in [0.717, 1.165) is 47.1 Å². The van der Waals surface area contributed by atoms with Crippen molar-refractivity contribution in [3.8, 4) is 0 Å². The van der Waals surface area contributed by atoms with Gasteiger partial charge in [-0.15, -0.1) is 0 Å². The molecule has 1 fully saturated rings. The molecule has 0 N–H and O–H groups in total. The Kier molecular flexibility index (Phi) is 6.59. The van der Waals surface area contributed by atoms with Gasteiger partial charge in [-0.2, -0.15) is 0 Å². The average Bonchev–Trinajstić information content (AvgIpc) is 2.77. The van der Waals surface area contributed by atoms with Gasteiger partial charge in [0, 0.05) is 60.7 Å². The van der Waals surface area contributed by atoms with Crippen LogP contribution in [0, 0.1) is 0 Å². The van der Waals surface area contributed by atoms with Crippen molar-refractivity contribution in [1.82, 2.24) is 19.8 Å². The summed E-state index contributed by atoms with van der Waals surface area (Å²) in [5, 5.41) is 0.748. The Morgan fingerprint density at radius 3 is 2.48 bits per heavy atom. The third-order valence-corrected chi connectivity index (χ3v) is 6.37. The van der Waals surface area contributed by atoms with Crippen LogP contribution in [0.2, 0.25) is 0 Å². The van der Waals surface area contributed by atoms with E-state index in [1.807, 2.05) is 53.6 Å². The number of carbonyl (C=O) groups excluding carboxylic acids is 1. The first-order chi connectivity index (χ1) is 14.2. The largest absolute Gasteiger partial charge is 0.336 e. The number of hydrogen-bond donors (Lipinski definition) is 0. The van der Waals surface area contributed by atoms with E-state index in [9.17, 15) is 4.79 Å². The highest BCUT2D eigenvalue weighted by Crippen LogP contribution is 2.30. The molecule has 0 spiro atoms. The molecular weight excluding hydrogens is 448 g/mol. The highest BCUT2D eigenvalue weighted by atomic mass is 79.9. The zero-order valence-corrected chi connectivity index (χ0v) is 18.3. The second-order valence-electron chi connectivity index (χ2n) is 6.84. The van der Waals surface area contributed by atoms with Crippen LogP contribution in [0.3, 0.4) is 0 Å². The predicted molar refractivity (Wildman–Crippen MR) is 118 cm³/mol. The normalized spacial score (nSPS) is 14.7.